The van der Waals surface area contributed by atoms with Gasteiger partial charge in [-0.25, -0.2) is 9.37 Å². The quantitative estimate of drug-likeness (QED) is 0.202. The molecule has 2 aliphatic heterocycles. The van der Waals surface area contributed by atoms with Crippen LogP contribution in [0, 0.1) is 0 Å². The third kappa shape index (κ3) is 8.73. The minimum absolute atomic E-state index is 0.108. The zero-order valence-corrected chi connectivity index (χ0v) is 23.7. The molecule has 12 heteroatoms. The number of carbonyl (C=O) groups is 1. The standard InChI is InChI=1S/C26H33ClFN7O3.C2H4/c1-3-29-26(32-24(15-28)35-7-10-37-11-8-35)34-33-25(36)23-5-4-20(16-30-23)31-21-13-18(12-19(27)14-21)22-6-9-38-17(22)2;1-2/h4-5,12-14,16-17,22,31H,3,6-11,15H2,1-2H3,(H,29,34)(H,33,36);1-2H2/b32-24+;. The number of ether oxygens (including phenoxy) is 2. The Morgan fingerprint density at radius 1 is 1.18 bits per heavy atom. The van der Waals surface area contributed by atoms with E-state index in [1.807, 2.05) is 19.1 Å². The van der Waals surface area contributed by atoms with E-state index in [4.69, 9.17) is 21.1 Å². The average Bonchev–Trinajstić information content (AvgIpc) is 3.41. The van der Waals surface area contributed by atoms with Gasteiger partial charge in [0.25, 0.3) is 5.91 Å². The fourth-order valence-corrected chi connectivity index (χ4v) is 4.64. The number of halogens is 2. The zero-order valence-electron chi connectivity index (χ0n) is 23.0. The maximum absolute atomic E-state index is 13.6. The molecule has 2 aliphatic rings. The number of pyridine rings is 1. The van der Waals surface area contributed by atoms with Crippen molar-refractivity contribution in [2.24, 2.45) is 9.98 Å². The molecule has 1 aromatic heterocycles. The molecule has 1 aromatic carbocycles. The van der Waals surface area contributed by atoms with Crippen LogP contribution in [0.5, 0.6) is 0 Å². The summed E-state index contributed by atoms with van der Waals surface area (Å²) < 4.78 is 24.6. The van der Waals surface area contributed by atoms with Crippen molar-refractivity contribution in [1.82, 2.24) is 20.7 Å². The molecule has 3 heterocycles. The predicted molar refractivity (Wildman–Crippen MR) is 157 cm³/mol. The van der Waals surface area contributed by atoms with Crippen LogP contribution in [-0.2, 0) is 9.47 Å². The van der Waals surface area contributed by atoms with Gasteiger partial charge in [0.05, 0.1) is 31.2 Å². The molecule has 4 rings (SSSR count). The highest BCUT2D eigenvalue weighted by Gasteiger charge is 2.26. The minimum Gasteiger partial charge on any atom is -0.378 e. The Labute approximate surface area is 239 Å². The Balaban J connectivity index is 0.00000216. The smallest absolute Gasteiger partial charge is 0.288 e. The Morgan fingerprint density at radius 2 is 1.95 bits per heavy atom. The molecule has 2 aromatic rings. The number of hydrazine groups is 1. The summed E-state index contributed by atoms with van der Waals surface area (Å²) >= 11 is 6.37. The number of amides is 1. The van der Waals surface area contributed by atoms with Crippen LogP contribution in [0.2, 0.25) is 5.02 Å². The zero-order chi connectivity index (χ0) is 28.9. The summed E-state index contributed by atoms with van der Waals surface area (Å²) in [5.74, 6) is 0.155. The van der Waals surface area contributed by atoms with E-state index in [0.717, 1.165) is 24.3 Å². The second-order valence-corrected chi connectivity index (χ2v) is 9.38. The molecule has 0 aliphatic carbocycles. The molecule has 40 heavy (non-hydrogen) atoms. The fraction of sp³-hybridized carbons (Fsp3) is 0.429. The van der Waals surface area contributed by atoms with Gasteiger partial charge in [0, 0.05) is 42.9 Å². The van der Waals surface area contributed by atoms with Crippen molar-refractivity contribution >= 4 is 40.7 Å². The van der Waals surface area contributed by atoms with E-state index in [0.29, 0.717) is 49.5 Å². The van der Waals surface area contributed by atoms with Crippen molar-refractivity contribution in [3.63, 3.8) is 0 Å². The van der Waals surface area contributed by atoms with Gasteiger partial charge < -0.3 is 19.7 Å². The number of nitrogens with one attached hydrogen (secondary N) is 3. The fourth-order valence-electron chi connectivity index (χ4n) is 4.39. The summed E-state index contributed by atoms with van der Waals surface area (Å²) in [6.07, 6.45) is 2.67. The van der Waals surface area contributed by atoms with Gasteiger partial charge in [0.15, 0.2) is 0 Å². The summed E-state index contributed by atoms with van der Waals surface area (Å²) in [5, 5.41) is 3.93. The van der Waals surface area contributed by atoms with Crippen LogP contribution >= 0.6 is 11.6 Å². The van der Waals surface area contributed by atoms with Crippen molar-refractivity contribution in [1.29, 1.82) is 0 Å². The molecular weight excluding hydrogens is 537 g/mol. The molecule has 2 saturated heterocycles. The highest BCUT2D eigenvalue weighted by atomic mass is 35.5. The minimum atomic E-state index is -0.754. The van der Waals surface area contributed by atoms with Crippen LogP contribution in [0.25, 0.3) is 0 Å². The summed E-state index contributed by atoms with van der Waals surface area (Å²) in [4.78, 5) is 27.2. The first-order chi connectivity index (χ1) is 19.5. The normalized spacial score (nSPS) is 19.4. The first-order valence-electron chi connectivity index (χ1n) is 13.2. The average molecular weight is 574 g/mol. The van der Waals surface area contributed by atoms with E-state index in [2.05, 4.69) is 57.3 Å². The molecule has 0 saturated carbocycles. The molecule has 1 amide bonds. The van der Waals surface area contributed by atoms with Gasteiger partial charge in [0.2, 0.25) is 5.96 Å². The maximum atomic E-state index is 13.6. The third-order valence-corrected chi connectivity index (χ3v) is 6.55. The highest BCUT2D eigenvalue weighted by Crippen LogP contribution is 2.34. The first kappa shape index (κ1) is 31.0. The Morgan fingerprint density at radius 3 is 2.58 bits per heavy atom. The van der Waals surface area contributed by atoms with Gasteiger partial charge in [-0.2, -0.15) is 4.99 Å². The molecule has 0 spiro atoms. The van der Waals surface area contributed by atoms with Crippen LogP contribution in [-0.4, -0.2) is 79.8 Å². The molecular formula is C28H37ClFN7O3. The van der Waals surface area contributed by atoms with Gasteiger partial charge in [-0.15, -0.1) is 13.2 Å². The van der Waals surface area contributed by atoms with E-state index in [-0.39, 0.29) is 23.6 Å². The number of anilines is 2. The number of hydrogen-bond donors (Lipinski definition) is 3. The predicted octanol–water partition coefficient (Wildman–Crippen LogP) is 4.48. The van der Waals surface area contributed by atoms with Crippen LogP contribution in [0.15, 0.2) is 59.7 Å². The summed E-state index contributed by atoms with van der Waals surface area (Å²) in [6.45, 7) is 12.4. The lowest BCUT2D eigenvalue weighted by atomic mass is 9.93. The van der Waals surface area contributed by atoms with E-state index in [9.17, 15) is 9.18 Å². The van der Waals surface area contributed by atoms with E-state index >= 15 is 0 Å². The van der Waals surface area contributed by atoms with Gasteiger partial charge in [-0.3, -0.25) is 20.6 Å². The van der Waals surface area contributed by atoms with Crippen molar-refractivity contribution < 1.29 is 18.7 Å². The Bertz CT molecular complexity index is 1170. The molecule has 2 fully saturated rings. The molecule has 2 unspecified atom stereocenters. The van der Waals surface area contributed by atoms with Crippen molar-refractivity contribution in [3.8, 4) is 0 Å². The number of rotatable bonds is 6. The maximum Gasteiger partial charge on any atom is 0.288 e. The number of alkyl halides is 1. The molecule has 3 N–H and O–H groups in total. The topological polar surface area (TPSA) is 112 Å². The molecule has 10 nitrogen and oxygen atoms in total. The number of guanidine groups is 1. The van der Waals surface area contributed by atoms with Crippen molar-refractivity contribution in [2.75, 3.05) is 51.4 Å². The first-order valence-corrected chi connectivity index (χ1v) is 13.6. The highest BCUT2D eigenvalue weighted by molar-refractivity contribution is 6.31. The van der Waals surface area contributed by atoms with Crippen LogP contribution < -0.4 is 16.2 Å². The third-order valence-electron chi connectivity index (χ3n) is 6.34. The summed E-state index contributed by atoms with van der Waals surface area (Å²) in [5.41, 5.74) is 8.05. The van der Waals surface area contributed by atoms with Crippen LogP contribution in [0.4, 0.5) is 15.8 Å². The SMILES string of the molecule is C=C.CCN=C(/N=C(\CF)N1CCOCC1)NNC(=O)c1ccc(Nc2cc(Cl)cc(C3CCOC3C)c2)cn1. The Kier molecular flexibility index (Phi) is 12.3. The molecule has 2 atom stereocenters. The number of amidine groups is 1. The number of aliphatic imine (C=N–C) groups is 2. The summed E-state index contributed by atoms with van der Waals surface area (Å²) in [7, 11) is 0. The lowest BCUT2D eigenvalue weighted by Gasteiger charge is -2.28. The lowest BCUT2D eigenvalue weighted by Crippen LogP contribution is -2.45. The van der Waals surface area contributed by atoms with Crippen molar-refractivity contribution in [2.45, 2.75) is 32.3 Å². The lowest BCUT2D eigenvalue weighted by molar-refractivity contribution is 0.0668. The van der Waals surface area contributed by atoms with Gasteiger partial charge in [-0.05, 0) is 56.2 Å². The van der Waals surface area contributed by atoms with E-state index in [1.165, 1.54) is 0 Å². The number of benzene rings is 1. The van der Waals surface area contributed by atoms with Crippen LogP contribution in [0.3, 0.4) is 0 Å². The van der Waals surface area contributed by atoms with E-state index < -0.39 is 12.6 Å². The number of nitrogens with zero attached hydrogens (tertiary/aromatic N) is 4. The van der Waals surface area contributed by atoms with Gasteiger partial charge >= 0.3 is 0 Å². The number of aromatic nitrogens is 1. The number of morpholine rings is 1. The van der Waals surface area contributed by atoms with Gasteiger partial charge in [-0.1, -0.05) is 11.6 Å². The summed E-state index contributed by atoms with van der Waals surface area (Å²) in [6, 6.07) is 9.22. The largest absolute Gasteiger partial charge is 0.378 e. The second-order valence-electron chi connectivity index (χ2n) is 8.94. The number of hydrogen-bond acceptors (Lipinski definition) is 6. The molecule has 0 radical (unpaired) electrons. The van der Waals surface area contributed by atoms with Crippen LogP contribution in [0.1, 0.15) is 42.2 Å². The van der Waals surface area contributed by atoms with Gasteiger partial charge in [0.1, 0.15) is 18.2 Å². The number of carbonyl (C=O) groups excluding carboxylic acids is 1. The second kappa shape index (κ2) is 15.9. The monoisotopic (exact) mass is 573 g/mol. The van der Waals surface area contributed by atoms with Crippen molar-refractivity contribution in [3.05, 3.63) is 66.0 Å². The van der Waals surface area contributed by atoms with E-state index in [1.54, 1.807) is 23.2 Å². The molecule has 0 bridgehead atoms. The Hall–Kier alpha value is -3.54. The molecule has 216 valence electrons.